The Morgan fingerprint density at radius 3 is 2.92 bits per heavy atom. The van der Waals surface area contributed by atoms with E-state index in [9.17, 15) is 14.3 Å². The molecule has 1 saturated heterocycles. The molecule has 0 spiro atoms. The number of piperidine rings is 1. The molecule has 2 aromatic rings. The molecular formula is C16H19FN4O3. The maximum atomic E-state index is 12.8. The number of hydrogen-bond acceptors (Lipinski definition) is 5. The van der Waals surface area contributed by atoms with Gasteiger partial charge in [-0.2, -0.15) is 15.4 Å². The first-order valence-electron chi connectivity index (χ1n) is 7.82. The lowest BCUT2D eigenvalue weighted by atomic mass is 9.90. The summed E-state index contributed by atoms with van der Waals surface area (Å²) in [5.41, 5.74) is -0.721. The predicted molar refractivity (Wildman–Crippen MR) is 82.6 cm³/mol. The Morgan fingerprint density at radius 2 is 2.21 bits per heavy atom. The molecule has 1 fully saturated rings. The fraction of sp³-hybridized carbons (Fsp3) is 0.438. The van der Waals surface area contributed by atoms with Gasteiger partial charge in [-0.25, -0.2) is 4.39 Å². The summed E-state index contributed by atoms with van der Waals surface area (Å²) in [7, 11) is 0. The third kappa shape index (κ3) is 3.70. The highest BCUT2D eigenvalue weighted by Gasteiger charge is 2.38. The van der Waals surface area contributed by atoms with Crippen molar-refractivity contribution in [3.8, 4) is 5.75 Å². The first kappa shape index (κ1) is 16.4. The van der Waals surface area contributed by atoms with Gasteiger partial charge in [-0.15, -0.1) is 0 Å². The fourth-order valence-corrected chi connectivity index (χ4v) is 2.83. The number of rotatable bonds is 5. The van der Waals surface area contributed by atoms with E-state index in [4.69, 9.17) is 4.74 Å². The molecule has 1 aromatic heterocycles. The Hall–Kier alpha value is -2.48. The number of aromatic amines is 1. The van der Waals surface area contributed by atoms with E-state index < -0.39 is 5.60 Å². The molecule has 128 valence electrons. The van der Waals surface area contributed by atoms with Crippen LogP contribution in [0.4, 0.5) is 4.39 Å². The Bertz CT molecular complexity index is 677. The molecule has 2 N–H and O–H groups in total. The molecule has 0 aliphatic carbocycles. The Balaban J connectivity index is 1.52. The normalized spacial score (nSPS) is 20.8. The summed E-state index contributed by atoms with van der Waals surface area (Å²) in [5, 5.41) is 20.8. The van der Waals surface area contributed by atoms with Crippen LogP contribution in [0.1, 0.15) is 25.0 Å². The third-order valence-corrected chi connectivity index (χ3v) is 4.11. The Kier molecular flexibility index (Phi) is 4.75. The van der Waals surface area contributed by atoms with Gasteiger partial charge in [0.15, 0.2) is 0 Å². The predicted octanol–water partition coefficient (Wildman–Crippen LogP) is 1.22. The van der Waals surface area contributed by atoms with E-state index in [1.165, 1.54) is 30.5 Å². The number of nitrogens with zero attached hydrogens (tertiary/aromatic N) is 3. The lowest BCUT2D eigenvalue weighted by molar-refractivity contribution is -0.139. The molecule has 1 aliphatic rings. The van der Waals surface area contributed by atoms with Crippen molar-refractivity contribution < 1.29 is 19.0 Å². The smallest absolute Gasteiger partial charge is 0.226 e. The van der Waals surface area contributed by atoms with Crippen molar-refractivity contribution in [3.63, 3.8) is 0 Å². The van der Waals surface area contributed by atoms with Crippen LogP contribution in [-0.4, -0.2) is 51.0 Å². The zero-order valence-corrected chi connectivity index (χ0v) is 13.1. The maximum Gasteiger partial charge on any atom is 0.226 e. The highest BCUT2D eigenvalue weighted by atomic mass is 19.1. The molecule has 3 rings (SSSR count). The Labute approximate surface area is 138 Å². The van der Waals surface area contributed by atoms with Crippen LogP contribution in [0.2, 0.25) is 0 Å². The summed E-state index contributed by atoms with van der Waals surface area (Å²) < 4.78 is 18.3. The fourth-order valence-electron chi connectivity index (χ4n) is 2.83. The van der Waals surface area contributed by atoms with E-state index in [0.717, 1.165) is 0 Å². The number of nitrogens with one attached hydrogen (secondary N) is 1. The monoisotopic (exact) mass is 334 g/mol. The van der Waals surface area contributed by atoms with Crippen LogP contribution in [0.25, 0.3) is 0 Å². The summed E-state index contributed by atoms with van der Waals surface area (Å²) in [4.78, 5) is 13.9. The molecule has 1 aliphatic heterocycles. The molecule has 0 saturated carbocycles. The summed E-state index contributed by atoms with van der Waals surface area (Å²) in [6.07, 6.45) is 2.89. The second-order valence-electron chi connectivity index (χ2n) is 5.86. The van der Waals surface area contributed by atoms with Gasteiger partial charge in [0, 0.05) is 6.54 Å². The van der Waals surface area contributed by atoms with Crippen LogP contribution in [0.15, 0.2) is 30.5 Å². The Morgan fingerprint density at radius 1 is 1.42 bits per heavy atom. The summed E-state index contributed by atoms with van der Waals surface area (Å²) in [6.45, 7) is 0.980. The standard InChI is InChI=1S/C16H19FN4O3/c17-12-2-4-13(5-3-12)24-9-6-15(22)21-8-1-7-16(23,11-21)14-10-18-20-19-14/h2-5,10,23H,1,6-9,11H2,(H,18,19,20)/t16-/m1/s1. The number of carbonyl (C=O) groups is 1. The van der Waals surface area contributed by atoms with Crippen molar-refractivity contribution in [3.05, 3.63) is 42.0 Å². The molecule has 1 amide bonds. The average molecular weight is 334 g/mol. The zero-order chi connectivity index (χ0) is 17.0. The van der Waals surface area contributed by atoms with Gasteiger partial charge >= 0.3 is 0 Å². The largest absolute Gasteiger partial charge is 0.493 e. The van der Waals surface area contributed by atoms with Crippen molar-refractivity contribution >= 4 is 5.91 Å². The van der Waals surface area contributed by atoms with Gasteiger partial charge < -0.3 is 14.7 Å². The van der Waals surface area contributed by atoms with Crippen LogP contribution in [0, 0.1) is 5.82 Å². The van der Waals surface area contributed by atoms with Gasteiger partial charge in [0.05, 0.1) is 25.8 Å². The number of carbonyl (C=O) groups excluding carboxylic acids is 1. The molecule has 8 heteroatoms. The number of β-amino-alcohol motifs (C(OH)–C–C–N with tert-alkyl or cyclic N) is 1. The van der Waals surface area contributed by atoms with Crippen molar-refractivity contribution in [1.82, 2.24) is 20.3 Å². The molecule has 0 unspecified atom stereocenters. The van der Waals surface area contributed by atoms with Gasteiger partial charge in [-0.05, 0) is 37.1 Å². The maximum absolute atomic E-state index is 12.8. The van der Waals surface area contributed by atoms with E-state index in [1.54, 1.807) is 4.90 Å². The lowest BCUT2D eigenvalue weighted by Gasteiger charge is -2.38. The van der Waals surface area contributed by atoms with Gasteiger partial charge in [0.1, 0.15) is 22.9 Å². The zero-order valence-electron chi connectivity index (χ0n) is 13.1. The van der Waals surface area contributed by atoms with Crippen LogP contribution in [0.3, 0.4) is 0 Å². The van der Waals surface area contributed by atoms with Crippen molar-refractivity contribution in [1.29, 1.82) is 0 Å². The van der Waals surface area contributed by atoms with Crippen LogP contribution >= 0.6 is 0 Å². The number of likely N-dealkylation sites (tertiary alicyclic amines) is 1. The third-order valence-electron chi connectivity index (χ3n) is 4.11. The number of amides is 1. The molecule has 7 nitrogen and oxygen atoms in total. The second-order valence-corrected chi connectivity index (χ2v) is 5.86. The van der Waals surface area contributed by atoms with Crippen molar-refractivity contribution in [2.75, 3.05) is 19.7 Å². The van der Waals surface area contributed by atoms with E-state index in [-0.39, 0.29) is 31.3 Å². The van der Waals surface area contributed by atoms with E-state index in [2.05, 4.69) is 15.4 Å². The number of aliphatic hydroxyl groups is 1. The lowest BCUT2D eigenvalue weighted by Crippen LogP contribution is -2.49. The average Bonchev–Trinajstić information content (AvgIpc) is 3.12. The molecule has 1 atom stereocenters. The van der Waals surface area contributed by atoms with E-state index in [1.807, 2.05) is 0 Å². The van der Waals surface area contributed by atoms with Gasteiger partial charge in [-0.3, -0.25) is 4.79 Å². The highest BCUT2D eigenvalue weighted by Crippen LogP contribution is 2.29. The van der Waals surface area contributed by atoms with Crippen molar-refractivity contribution in [2.45, 2.75) is 24.9 Å². The van der Waals surface area contributed by atoms with Crippen LogP contribution in [-0.2, 0) is 10.4 Å². The summed E-state index contributed by atoms with van der Waals surface area (Å²) in [6, 6.07) is 5.65. The SMILES string of the molecule is O=C(CCOc1ccc(F)cc1)N1CCC[C@](O)(c2cn[nH]n2)C1. The minimum Gasteiger partial charge on any atom is -0.493 e. The van der Waals surface area contributed by atoms with Gasteiger partial charge in [0.2, 0.25) is 5.91 Å². The minimum atomic E-state index is -1.17. The van der Waals surface area contributed by atoms with E-state index >= 15 is 0 Å². The molecule has 2 heterocycles. The number of benzene rings is 1. The molecule has 24 heavy (non-hydrogen) atoms. The first-order chi connectivity index (χ1) is 11.6. The first-order valence-corrected chi connectivity index (χ1v) is 7.82. The van der Waals surface area contributed by atoms with Gasteiger partial charge in [-0.1, -0.05) is 0 Å². The molecule has 0 bridgehead atoms. The number of H-pyrrole nitrogens is 1. The summed E-state index contributed by atoms with van der Waals surface area (Å²) >= 11 is 0. The van der Waals surface area contributed by atoms with Crippen LogP contribution in [0.5, 0.6) is 5.75 Å². The number of ether oxygens (including phenoxy) is 1. The molecular weight excluding hydrogens is 315 g/mol. The van der Waals surface area contributed by atoms with E-state index in [0.29, 0.717) is 30.8 Å². The quantitative estimate of drug-likeness (QED) is 0.858. The molecule has 1 aromatic carbocycles. The van der Waals surface area contributed by atoms with Crippen molar-refractivity contribution in [2.24, 2.45) is 0 Å². The van der Waals surface area contributed by atoms with Crippen LogP contribution < -0.4 is 4.74 Å². The second kappa shape index (κ2) is 6.96. The number of hydrogen-bond donors (Lipinski definition) is 2. The molecule has 0 radical (unpaired) electrons. The highest BCUT2D eigenvalue weighted by molar-refractivity contribution is 5.76. The summed E-state index contributed by atoms with van der Waals surface area (Å²) in [5.74, 6) is 0.0829. The number of halogens is 1. The minimum absolute atomic E-state index is 0.0984. The topological polar surface area (TPSA) is 91.3 Å². The number of aromatic nitrogens is 3. The van der Waals surface area contributed by atoms with Gasteiger partial charge in [0.25, 0.3) is 0 Å².